The van der Waals surface area contributed by atoms with Crippen LogP contribution >= 0.6 is 0 Å². The van der Waals surface area contributed by atoms with Crippen LogP contribution in [0.15, 0.2) is 49.6 Å². The van der Waals surface area contributed by atoms with E-state index in [2.05, 4.69) is 52.7 Å². The number of nitrogen functional groups attached to an aromatic ring is 1. The Morgan fingerprint density at radius 2 is 2.00 bits per heavy atom. The average molecular weight is 293 g/mol. The Bertz CT molecular complexity index is 788. The van der Waals surface area contributed by atoms with Crippen molar-refractivity contribution in [1.82, 2.24) is 19.5 Å². The fourth-order valence-corrected chi connectivity index (χ4v) is 2.54. The van der Waals surface area contributed by atoms with E-state index in [-0.39, 0.29) is 0 Å². The largest absolute Gasteiger partial charge is 0.382 e. The van der Waals surface area contributed by atoms with Gasteiger partial charge in [0.2, 0.25) is 0 Å². The number of rotatable bonds is 5. The summed E-state index contributed by atoms with van der Waals surface area (Å²) in [6, 6.07) is 8.47. The molecule has 2 aromatic heterocycles. The summed E-state index contributed by atoms with van der Waals surface area (Å²) in [7, 11) is 0. The molecule has 5 heteroatoms. The van der Waals surface area contributed by atoms with Crippen LogP contribution in [-0.2, 0) is 0 Å². The highest BCUT2D eigenvalue weighted by Gasteiger charge is 2.10. The molecule has 22 heavy (non-hydrogen) atoms. The van der Waals surface area contributed by atoms with Crippen molar-refractivity contribution >= 4 is 17.0 Å². The summed E-state index contributed by atoms with van der Waals surface area (Å²) < 4.78 is 1.92. The molecule has 0 unspecified atom stereocenters. The lowest BCUT2D eigenvalue weighted by Gasteiger charge is -2.11. The van der Waals surface area contributed by atoms with Crippen LogP contribution in [0.4, 0.5) is 5.82 Å². The molecule has 0 aliphatic carbocycles. The van der Waals surface area contributed by atoms with E-state index in [1.807, 2.05) is 10.6 Å². The number of fused-ring (bicyclic) bond motifs is 1. The Labute approximate surface area is 129 Å². The normalized spacial score (nSPS) is 12.4. The predicted molar refractivity (Wildman–Crippen MR) is 88.9 cm³/mol. The van der Waals surface area contributed by atoms with Gasteiger partial charge in [-0.15, -0.1) is 6.58 Å². The average Bonchev–Trinajstić information content (AvgIpc) is 2.98. The van der Waals surface area contributed by atoms with Crippen molar-refractivity contribution in [2.45, 2.75) is 25.7 Å². The maximum Gasteiger partial charge on any atom is 0.170 e. The van der Waals surface area contributed by atoms with Crippen LogP contribution in [-0.4, -0.2) is 19.5 Å². The molecule has 0 bridgehead atoms. The van der Waals surface area contributed by atoms with E-state index in [1.54, 1.807) is 6.33 Å². The van der Waals surface area contributed by atoms with Gasteiger partial charge in [-0.2, -0.15) is 0 Å². The minimum atomic E-state index is 0.401. The van der Waals surface area contributed by atoms with E-state index < -0.39 is 0 Å². The third-order valence-corrected chi connectivity index (χ3v) is 3.91. The van der Waals surface area contributed by atoms with Crippen LogP contribution in [0, 0.1) is 0 Å². The number of nitrogens with two attached hydrogens (primary N) is 1. The first-order valence-electron chi connectivity index (χ1n) is 7.35. The van der Waals surface area contributed by atoms with Crippen molar-refractivity contribution in [2.75, 3.05) is 5.73 Å². The third kappa shape index (κ3) is 2.57. The van der Waals surface area contributed by atoms with Crippen molar-refractivity contribution < 1.29 is 0 Å². The minimum absolute atomic E-state index is 0.401. The second-order valence-corrected chi connectivity index (χ2v) is 5.40. The van der Waals surface area contributed by atoms with Crippen LogP contribution in [0.25, 0.3) is 16.9 Å². The summed E-state index contributed by atoms with van der Waals surface area (Å²) in [6.07, 6.45) is 7.30. The van der Waals surface area contributed by atoms with E-state index in [0.29, 0.717) is 17.3 Å². The van der Waals surface area contributed by atoms with E-state index in [0.717, 1.165) is 24.2 Å². The molecule has 2 heterocycles. The molecule has 0 spiro atoms. The Balaban J connectivity index is 1.92. The molecule has 3 aromatic rings. The molecule has 0 fully saturated rings. The maximum absolute atomic E-state index is 5.82. The maximum atomic E-state index is 5.82. The first kappa shape index (κ1) is 14.3. The van der Waals surface area contributed by atoms with E-state index in [1.165, 1.54) is 11.9 Å². The number of anilines is 1. The predicted octanol–water partition coefficient (Wildman–Crippen LogP) is 3.47. The molecule has 5 nitrogen and oxygen atoms in total. The molecular formula is C17H19N5. The van der Waals surface area contributed by atoms with Gasteiger partial charge in [-0.25, -0.2) is 15.0 Å². The smallest absolute Gasteiger partial charge is 0.170 e. The van der Waals surface area contributed by atoms with Crippen molar-refractivity contribution in [1.29, 1.82) is 0 Å². The van der Waals surface area contributed by atoms with Gasteiger partial charge >= 0.3 is 0 Å². The number of hydrogen-bond acceptors (Lipinski definition) is 4. The summed E-state index contributed by atoms with van der Waals surface area (Å²) in [5, 5.41) is 0. The minimum Gasteiger partial charge on any atom is -0.382 e. The van der Waals surface area contributed by atoms with Crippen LogP contribution in [0.1, 0.15) is 31.2 Å². The van der Waals surface area contributed by atoms with Crippen LogP contribution in [0.3, 0.4) is 0 Å². The summed E-state index contributed by atoms with van der Waals surface area (Å²) in [5.41, 5.74) is 9.51. The fraction of sp³-hybridized carbons (Fsp3) is 0.235. The Morgan fingerprint density at radius 1 is 1.23 bits per heavy atom. The number of allylic oxidation sites excluding steroid dienone is 1. The van der Waals surface area contributed by atoms with E-state index in [9.17, 15) is 0 Å². The van der Waals surface area contributed by atoms with Gasteiger partial charge in [0.15, 0.2) is 17.0 Å². The Hall–Kier alpha value is -2.69. The van der Waals surface area contributed by atoms with Crippen LogP contribution in [0.2, 0.25) is 0 Å². The molecule has 0 aliphatic rings. The van der Waals surface area contributed by atoms with Gasteiger partial charge in [-0.1, -0.05) is 25.1 Å². The molecule has 3 rings (SSSR count). The number of hydrogen-bond donors (Lipinski definition) is 1. The molecule has 0 saturated heterocycles. The highest BCUT2D eigenvalue weighted by molar-refractivity contribution is 5.82. The number of nitrogens with zero attached hydrogens (tertiary/aromatic N) is 4. The van der Waals surface area contributed by atoms with Gasteiger partial charge in [0.05, 0.1) is 0 Å². The molecule has 0 radical (unpaired) electrons. The first-order valence-corrected chi connectivity index (χ1v) is 7.35. The molecule has 1 atom stereocenters. The van der Waals surface area contributed by atoms with Gasteiger partial charge in [-0.3, -0.25) is 4.57 Å². The monoisotopic (exact) mass is 293 g/mol. The lowest BCUT2D eigenvalue weighted by atomic mass is 9.96. The fourth-order valence-electron chi connectivity index (χ4n) is 2.54. The van der Waals surface area contributed by atoms with Gasteiger partial charge < -0.3 is 5.73 Å². The topological polar surface area (TPSA) is 69.6 Å². The van der Waals surface area contributed by atoms with Gasteiger partial charge in [-0.05, 0) is 36.5 Å². The van der Waals surface area contributed by atoms with Gasteiger partial charge in [0.25, 0.3) is 0 Å². The van der Waals surface area contributed by atoms with E-state index >= 15 is 0 Å². The molecule has 0 amide bonds. The van der Waals surface area contributed by atoms with Crippen LogP contribution < -0.4 is 5.73 Å². The molecular weight excluding hydrogens is 274 g/mol. The van der Waals surface area contributed by atoms with Gasteiger partial charge in [0.1, 0.15) is 12.7 Å². The Kier molecular flexibility index (Phi) is 3.87. The second-order valence-electron chi connectivity index (χ2n) is 5.40. The molecule has 0 aliphatic heterocycles. The molecule has 2 N–H and O–H groups in total. The zero-order valence-corrected chi connectivity index (χ0v) is 12.6. The lowest BCUT2D eigenvalue weighted by molar-refractivity contribution is 0.691. The van der Waals surface area contributed by atoms with Crippen LogP contribution in [0.5, 0.6) is 0 Å². The zero-order valence-electron chi connectivity index (χ0n) is 12.6. The third-order valence-electron chi connectivity index (χ3n) is 3.91. The van der Waals surface area contributed by atoms with Crippen molar-refractivity contribution in [3.8, 4) is 5.69 Å². The standard InChI is InChI=1S/C17H19N5/c1-3-4-5-12(2)13-6-8-14(9-7-13)22-11-21-15-16(18)19-10-20-17(15)22/h3,6-12H,1,4-5H2,2H3,(H2,18,19,20)/t12-/m1/s1. The Morgan fingerprint density at radius 3 is 2.73 bits per heavy atom. The molecule has 1 aromatic carbocycles. The van der Waals surface area contributed by atoms with Gasteiger partial charge in [0, 0.05) is 5.69 Å². The molecule has 112 valence electrons. The second kappa shape index (κ2) is 5.97. The molecule has 0 saturated carbocycles. The quantitative estimate of drug-likeness (QED) is 0.731. The SMILES string of the molecule is C=CCC[C@@H](C)c1ccc(-n2cnc3c(N)ncnc32)cc1. The first-order chi connectivity index (χ1) is 10.7. The number of aromatic nitrogens is 4. The van der Waals surface area contributed by atoms with E-state index in [4.69, 9.17) is 5.73 Å². The lowest BCUT2D eigenvalue weighted by Crippen LogP contribution is -1.98. The number of benzene rings is 1. The number of imidazole rings is 1. The van der Waals surface area contributed by atoms with Crippen molar-refractivity contribution in [2.24, 2.45) is 0 Å². The van der Waals surface area contributed by atoms with Crippen molar-refractivity contribution in [3.63, 3.8) is 0 Å². The van der Waals surface area contributed by atoms with Crippen molar-refractivity contribution in [3.05, 3.63) is 55.1 Å². The summed E-state index contributed by atoms with van der Waals surface area (Å²) in [5.74, 6) is 0.919. The summed E-state index contributed by atoms with van der Waals surface area (Å²) in [4.78, 5) is 12.5. The highest BCUT2D eigenvalue weighted by Crippen LogP contribution is 2.24. The highest BCUT2D eigenvalue weighted by atomic mass is 15.1. The summed E-state index contributed by atoms with van der Waals surface area (Å²) in [6.45, 7) is 6.01. The summed E-state index contributed by atoms with van der Waals surface area (Å²) >= 11 is 0. The zero-order chi connectivity index (χ0) is 15.5.